The minimum atomic E-state index is -3.30. The molecule has 2 rings (SSSR count). The third kappa shape index (κ3) is 2.49. The lowest BCUT2D eigenvalue weighted by molar-refractivity contribution is 0.368. The number of sulfone groups is 1. The second kappa shape index (κ2) is 5.13. The molecule has 1 aromatic carbocycles. The number of hydrogen-bond donors (Lipinski definition) is 1. The van der Waals surface area contributed by atoms with E-state index in [1.165, 1.54) is 13.4 Å². The smallest absolute Gasteiger partial charge is 0.179 e. The maximum atomic E-state index is 11.9. The molecule has 0 heterocycles. The molecule has 1 aromatic rings. The zero-order valence-electron chi connectivity index (χ0n) is 11.5. The average molecular weight is 283 g/mol. The third-order valence-electron chi connectivity index (χ3n) is 4.11. The van der Waals surface area contributed by atoms with Crippen LogP contribution in [0.1, 0.15) is 31.2 Å². The monoisotopic (exact) mass is 283 g/mol. The molecule has 0 spiro atoms. The van der Waals surface area contributed by atoms with Gasteiger partial charge in [-0.2, -0.15) is 0 Å². The van der Waals surface area contributed by atoms with Crippen molar-refractivity contribution in [3.05, 3.63) is 23.8 Å². The fourth-order valence-corrected chi connectivity index (χ4v) is 3.93. The van der Waals surface area contributed by atoms with Crippen molar-refractivity contribution in [2.24, 2.45) is 5.73 Å². The van der Waals surface area contributed by atoms with E-state index in [9.17, 15) is 8.42 Å². The molecular weight excluding hydrogens is 262 g/mol. The first-order valence-corrected chi connectivity index (χ1v) is 8.41. The summed E-state index contributed by atoms with van der Waals surface area (Å²) < 4.78 is 29.1. The summed E-state index contributed by atoms with van der Waals surface area (Å²) in [6.07, 6.45) is 5.45. The van der Waals surface area contributed by atoms with E-state index in [1.54, 1.807) is 12.1 Å². The molecule has 4 nitrogen and oxygen atoms in total. The van der Waals surface area contributed by atoms with Crippen LogP contribution in [-0.4, -0.2) is 28.3 Å². The number of para-hydroxylation sites is 1. The van der Waals surface area contributed by atoms with E-state index < -0.39 is 9.84 Å². The maximum absolute atomic E-state index is 11.9. The van der Waals surface area contributed by atoms with Crippen molar-refractivity contribution < 1.29 is 13.2 Å². The summed E-state index contributed by atoms with van der Waals surface area (Å²) in [6.45, 7) is 0.524. The lowest BCUT2D eigenvalue weighted by Gasteiger charge is -2.30. The fourth-order valence-electron chi connectivity index (χ4n) is 3.07. The Morgan fingerprint density at radius 3 is 2.42 bits per heavy atom. The Morgan fingerprint density at radius 2 is 1.95 bits per heavy atom. The highest BCUT2D eigenvalue weighted by Gasteiger charge is 2.37. The van der Waals surface area contributed by atoms with Crippen LogP contribution < -0.4 is 10.5 Å². The zero-order chi connectivity index (χ0) is 14.1. The van der Waals surface area contributed by atoms with Crippen LogP contribution in [0.2, 0.25) is 0 Å². The van der Waals surface area contributed by atoms with Crippen LogP contribution in [0, 0.1) is 0 Å². The van der Waals surface area contributed by atoms with E-state index in [1.807, 2.05) is 6.07 Å². The van der Waals surface area contributed by atoms with E-state index >= 15 is 0 Å². The van der Waals surface area contributed by atoms with Gasteiger partial charge in [0, 0.05) is 23.8 Å². The first-order valence-electron chi connectivity index (χ1n) is 6.52. The zero-order valence-corrected chi connectivity index (χ0v) is 12.3. The average Bonchev–Trinajstić information content (AvgIpc) is 2.86. The van der Waals surface area contributed by atoms with Crippen molar-refractivity contribution in [1.29, 1.82) is 0 Å². The minimum absolute atomic E-state index is 0.133. The van der Waals surface area contributed by atoms with Gasteiger partial charge in [-0.25, -0.2) is 8.42 Å². The third-order valence-corrected chi connectivity index (χ3v) is 5.23. The quantitative estimate of drug-likeness (QED) is 0.916. The van der Waals surface area contributed by atoms with Crippen molar-refractivity contribution in [2.45, 2.75) is 36.0 Å². The summed E-state index contributed by atoms with van der Waals surface area (Å²) in [4.78, 5) is 0.257. The van der Waals surface area contributed by atoms with E-state index in [2.05, 4.69) is 0 Å². The molecule has 1 aliphatic carbocycles. The highest BCUT2D eigenvalue weighted by molar-refractivity contribution is 7.90. The number of nitrogens with two attached hydrogens (primary N) is 1. The van der Waals surface area contributed by atoms with Crippen LogP contribution in [0.15, 0.2) is 23.1 Å². The summed E-state index contributed by atoms with van der Waals surface area (Å²) in [5, 5.41) is 0. The molecule has 2 N–H and O–H groups in total. The Hall–Kier alpha value is -1.07. The van der Waals surface area contributed by atoms with Crippen molar-refractivity contribution in [3.8, 4) is 5.75 Å². The normalized spacial score (nSPS) is 18.5. The van der Waals surface area contributed by atoms with Crippen LogP contribution in [0.3, 0.4) is 0 Å². The number of rotatable bonds is 4. The second-order valence-electron chi connectivity index (χ2n) is 5.30. The molecule has 0 amide bonds. The van der Waals surface area contributed by atoms with E-state index in [4.69, 9.17) is 10.5 Å². The first-order chi connectivity index (χ1) is 8.94. The molecule has 0 saturated heterocycles. The molecule has 0 atom stereocenters. The number of hydrogen-bond acceptors (Lipinski definition) is 4. The van der Waals surface area contributed by atoms with Crippen molar-refractivity contribution in [1.82, 2.24) is 0 Å². The van der Waals surface area contributed by atoms with Gasteiger partial charge in [0.25, 0.3) is 0 Å². The molecule has 19 heavy (non-hydrogen) atoms. The Labute approximate surface area is 114 Å². The van der Waals surface area contributed by atoms with Gasteiger partial charge in [-0.15, -0.1) is 0 Å². The summed E-state index contributed by atoms with van der Waals surface area (Å²) in [6, 6.07) is 5.33. The van der Waals surface area contributed by atoms with Gasteiger partial charge < -0.3 is 10.5 Å². The highest BCUT2D eigenvalue weighted by Crippen LogP contribution is 2.45. The number of ether oxygens (including phenoxy) is 1. The maximum Gasteiger partial charge on any atom is 0.179 e. The van der Waals surface area contributed by atoms with Crippen LogP contribution >= 0.6 is 0 Å². The standard InChI is InChI=1S/C14H21NO3S/c1-18-13-11(14(10-15)8-3-4-9-14)6-5-7-12(13)19(2,16)17/h5-7H,3-4,8-10,15H2,1-2H3. The van der Waals surface area contributed by atoms with Crippen molar-refractivity contribution in [2.75, 3.05) is 19.9 Å². The largest absolute Gasteiger partial charge is 0.495 e. The van der Waals surface area contributed by atoms with Gasteiger partial charge in [-0.3, -0.25) is 0 Å². The van der Waals surface area contributed by atoms with E-state index in [-0.39, 0.29) is 10.3 Å². The Morgan fingerprint density at radius 1 is 1.32 bits per heavy atom. The molecule has 1 fully saturated rings. The van der Waals surface area contributed by atoms with Crippen LogP contribution in [-0.2, 0) is 15.3 Å². The summed E-state index contributed by atoms with van der Waals surface area (Å²) in [5.74, 6) is 0.470. The molecule has 0 bridgehead atoms. The predicted octanol–water partition coefficient (Wildman–Crippen LogP) is 1.87. The van der Waals surface area contributed by atoms with Gasteiger partial charge in [-0.05, 0) is 18.9 Å². The fraction of sp³-hybridized carbons (Fsp3) is 0.571. The molecular formula is C14H21NO3S. The Bertz CT molecular complexity index is 560. The molecule has 1 saturated carbocycles. The van der Waals surface area contributed by atoms with Crippen LogP contribution in [0.4, 0.5) is 0 Å². The van der Waals surface area contributed by atoms with Crippen molar-refractivity contribution >= 4 is 9.84 Å². The molecule has 5 heteroatoms. The van der Waals surface area contributed by atoms with Gasteiger partial charge in [0.1, 0.15) is 10.6 Å². The number of benzene rings is 1. The lowest BCUT2D eigenvalue weighted by Crippen LogP contribution is -2.32. The molecule has 0 radical (unpaired) electrons. The summed E-state index contributed by atoms with van der Waals surface area (Å²) in [5.41, 5.74) is 6.79. The molecule has 0 unspecified atom stereocenters. The predicted molar refractivity (Wildman–Crippen MR) is 75.3 cm³/mol. The molecule has 0 aliphatic heterocycles. The van der Waals surface area contributed by atoms with Crippen LogP contribution in [0.25, 0.3) is 0 Å². The van der Waals surface area contributed by atoms with Gasteiger partial charge in [0.05, 0.1) is 7.11 Å². The van der Waals surface area contributed by atoms with E-state index in [0.717, 1.165) is 31.2 Å². The Kier molecular flexibility index (Phi) is 3.87. The van der Waals surface area contributed by atoms with Gasteiger partial charge in [0.2, 0.25) is 0 Å². The van der Waals surface area contributed by atoms with Gasteiger partial charge >= 0.3 is 0 Å². The molecule has 106 valence electrons. The van der Waals surface area contributed by atoms with Crippen molar-refractivity contribution in [3.63, 3.8) is 0 Å². The topological polar surface area (TPSA) is 69.4 Å². The second-order valence-corrected chi connectivity index (χ2v) is 7.28. The lowest BCUT2D eigenvalue weighted by atomic mass is 9.78. The Balaban J connectivity index is 2.64. The molecule has 1 aliphatic rings. The summed E-state index contributed by atoms with van der Waals surface area (Å²) in [7, 11) is -1.78. The number of methoxy groups -OCH3 is 1. The SMILES string of the molecule is COc1c(C2(CN)CCCC2)cccc1S(C)(=O)=O. The summed E-state index contributed by atoms with van der Waals surface area (Å²) >= 11 is 0. The minimum Gasteiger partial charge on any atom is -0.495 e. The van der Waals surface area contributed by atoms with Gasteiger partial charge in [0.15, 0.2) is 9.84 Å². The van der Waals surface area contributed by atoms with E-state index in [0.29, 0.717) is 12.3 Å². The first kappa shape index (κ1) is 14.3. The molecule has 0 aromatic heterocycles. The van der Waals surface area contributed by atoms with Crippen LogP contribution in [0.5, 0.6) is 5.75 Å². The van der Waals surface area contributed by atoms with Gasteiger partial charge in [-0.1, -0.05) is 25.0 Å². The highest BCUT2D eigenvalue weighted by atomic mass is 32.2.